The van der Waals surface area contributed by atoms with Crippen LogP contribution in [0.5, 0.6) is 0 Å². The Balaban J connectivity index is 2.08. The normalized spacial score (nSPS) is 18.4. The zero-order valence-electron chi connectivity index (χ0n) is 8.62. The molecule has 0 amide bonds. The Morgan fingerprint density at radius 3 is 3.00 bits per heavy atom. The number of hydrogen-bond acceptors (Lipinski definition) is 3. The molecule has 3 heteroatoms. The summed E-state index contributed by atoms with van der Waals surface area (Å²) in [6.07, 6.45) is 5.11. The Kier molecular flexibility index (Phi) is 3.21. The molecule has 1 unspecified atom stereocenters. The van der Waals surface area contributed by atoms with E-state index in [1.807, 2.05) is 11.3 Å². The van der Waals surface area contributed by atoms with Crippen molar-refractivity contribution in [2.75, 3.05) is 0 Å². The molecule has 78 valence electrons. The Morgan fingerprint density at radius 1 is 1.64 bits per heavy atom. The lowest BCUT2D eigenvalue weighted by atomic mass is 10.0. The zero-order chi connectivity index (χ0) is 9.97. The van der Waals surface area contributed by atoms with Crippen molar-refractivity contribution in [3.05, 3.63) is 21.9 Å². The lowest BCUT2D eigenvalue weighted by Crippen LogP contribution is -2.28. The molecule has 2 nitrogen and oxygen atoms in total. The molecule has 1 aliphatic carbocycles. The van der Waals surface area contributed by atoms with Gasteiger partial charge in [-0.05, 0) is 35.8 Å². The Hall–Kier alpha value is -0.380. The van der Waals surface area contributed by atoms with Gasteiger partial charge in [0.05, 0.1) is 6.04 Å². The van der Waals surface area contributed by atoms with Crippen molar-refractivity contribution in [1.82, 2.24) is 5.43 Å². The molecular weight excluding hydrogens is 192 g/mol. The number of nitrogens with one attached hydrogen (secondary N) is 1. The molecule has 1 saturated carbocycles. The van der Waals surface area contributed by atoms with E-state index in [-0.39, 0.29) is 0 Å². The maximum absolute atomic E-state index is 5.62. The standard InChI is InChI=1S/C11H18N2S/c1-2-9-5-6-14-11(9)10(13-12)7-8-3-4-8/h5-6,8,10,13H,2-4,7,12H2,1H3. The number of hydrazine groups is 1. The van der Waals surface area contributed by atoms with Crippen LogP contribution >= 0.6 is 11.3 Å². The molecule has 0 spiro atoms. The largest absolute Gasteiger partial charge is 0.271 e. The van der Waals surface area contributed by atoms with Gasteiger partial charge in [0.25, 0.3) is 0 Å². The molecule has 1 heterocycles. The number of thiophene rings is 1. The van der Waals surface area contributed by atoms with Crippen LogP contribution in [0, 0.1) is 5.92 Å². The van der Waals surface area contributed by atoms with Crippen LogP contribution in [0.3, 0.4) is 0 Å². The highest BCUT2D eigenvalue weighted by Gasteiger charge is 2.27. The minimum absolute atomic E-state index is 0.387. The van der Waals surface area contributed by atoms with Gasteiger partial charge >= 0.3 is 0 Å². The lowest BCUT2D eigenvalue weighted by molar-refractivity contribution is 0.491. The summed E-state index contributed by atoms with van der Waals surface area (Å²) in [4.78, 5) is 1.45. The topological polar surface area (TPSA) is 38.0 Å². The van der Waals surface area contributed by atoms with Gasteiger partial charge in [0.15, 0.2) is 0 Å². The number of aryl methyl sites for hydroxylation is 1. The van der Waals surface area contributed by atoms with Crippen LogP contribution in [0.4, 0.5) is 0 Å². The van der Waals surface area contributed by atoms with Crippen LogP contribution in [0.2, 0.25) is 0 Å². The molecule has 1 aromatic rings. The molecule has 1 aliphatic rings. The predicted molar refractivity (Wildman–Crippen MR) is 61.1 cm³/mol. The minimum atomic E-state index is 0.387. The smallest absolute Gasteiger partial charge is 0.0558 e. The average molecular weight is 210 g/mol. The van der Waals surface area contributed by atoms with Gasteiger partial charge in [-0.15, -0.1) is 11.3 Å². The van der Waals surface area contributed by atoms with Gasteiger partial charge in [0.1, 0.15) is 0 Å². The van der Waals surface area contributed by atoms with Crippen molar-refractivity contribution in [2.24, 2.45) is 11.8 Å². The summed E-state index contributed by atoms with van der Waals surface area (Å²) in [5.74, 6) is 6.54. The summed E-state index contributed by atoms with van der Waals surface area (Å²) >= 11 is 1.83. The highest BCUT2D eigenvalue weighted by Crippen LogP contribution is 2.39. The van der Waals surface area contributed by atoms with E-state index in [1.54, 1.807) is 0 Å². The lowest BCUT2D eigenvalue weighted by Gasteiger charge is -2.15. The van der Waals surface area contributed by atoms with Crippen LogP contribution in [0.15, 0.2) is 11.4 Å². The van der Waals surface area contributed by atoms with Crippen molar-refractivity contribution in [2.45, 2.75) is 38.6 Å². The Labute approximate surface area is 89.5 Å². The fourth-order valence-electron chi connectivity index (χ4n) is 1.88. The van der Waals surface area contributed by atoms with Crippen molar-refractivity contribution in [3.63, 3.8) is 0 Å². The van der Waals surface area contributed by atoms with E-state index in [4.69, 9.17) is 5.84 Å². The third kappa shape index (κ3) is 2.16. The maximum Gasteiger partial charge on any atom is 0.0558 e. The van der Waals surface area contributed by atoms with E-state index in [1.165, 1.54) is 29.7 Å². The second-order valence-corrected chi connectivity index (χ2v) is 5.01. The monoisotopic (exact) mass is 210 g/mol. The molecule has 1 fully saturated rings. The predicted octanol–water partition coefficient (Wildman–Crippen LogP) is 2.61. The summed E-state index contributed by atoms with van der Waals surface area (Å²) in [7, 11) is 0. The summed E-state index contributed by atoms with van der Waals surface area (Å²) in [6.45, 7) is 2.20. The molecule has 0 aromatic carbocycles. The molecule has 0 bridgehead atoms. The van der Waals surface area contributed by atoms with E-state index >= 15 is 0 Å². The SMILES string of the molecule is CCc1ccsc1C(CC1CC1)NN. The van der Waals surface area contributed by atoms with Crippen LogP contribution < -0.4 is 11.3 Å². The Bertz CT molecular complexity index is 291. The first-order valence-electron chi connectivity index (χ1n) is 5.37. The first kappa shape index (κ1) is 10.1. The molecule has 0 radical (unpaired) electrons. The molecule has 14 heavy (non-hydrogen) atoms. The van der Waals surface area contributed by atoms with Gasteiger partial charge in [0, 0.05) is 4.88 Å². The van der Waals surface area contributed by atoms with Gasteiger partial charge < -0.3 is 0 Å². The maximum atomic E-state index is 5.62. The molecule has 0 saturated heterocycles. The molecule has 1 atom stereocenters. The highest BCUT2D eigenvalue weighted by molar-refractivity contribution is 7.10. The quantitative estimate of drug-likeness (QED) is 0.579. The molecule has 0 aliphatic heterocycles. The van der Waals surface area contributed by atoms with Crippen molar-refractivity contribution in [1.29, 1.82) is 0 Å². The van der Waals surface area contributed by atoms with Gasteiger partial charge in [-0.1, -0.05) is 19.8 Å². The third-order valence-corrected chi connectivity index (χ3v) is 4.02. The minimum Gasteiger partial charge on any atom is -0.271 e. The van der Waals surface area contributed by atoms with Gasteiger partial charge in [0.2, 0.25) is 0 Å². The van der Waals surface area contributed by atoms with Crippen molar-refractivity contribution >= 4 is 11.3 Å². The average Bonchev–Trinajstić information content (AvgIpc) is 2.90. The first-order valence-corrected chi connectivity index (χ1v) is 6.25. The van der Waals surface area contributed by atoms with E-state index in [0.717, 1.165) is 12.3 Å². The zero-order valence-corrected chi connectivity index (χ0v) is 9.44. The molecular formula is C11H18N2S. The fraction of sp³-hybridized carbons (Fsp3) is 0.636. The van der Waals surface area contributed by atoms with E-state index in [2.05, 4.69) is 23.8 Å². The van der Waals surface area contributed by atoms with E-state index < -0.39 is 0 Å². The van der Waals surface area contributed by atoms with Crippen molar-refractivity contribution in [3.8, 4) is 0 Å². The second kappa shape index (κ2) is 4.43. The highest BCUT2D eigenvalue weighted by atomic mass is 32.1. The van der Waals surface area contributed by atoms with Crippen LogP contribution in [0.1, 0.15) is 42.7 Å². The number of rotatable bonds is 5. The number of nitrogens with two attached hydrogens (primary N) is 1. The second-order valence-electron chi connectivity index (χ2n) is 4.06. The van der Waals surface area contributed by atoms with Crippen LogP contribution in [-0.4, -0.2) is 0 Å². The third-order valence-electron chi connectivity index (χ3n) is 2.95. The summed E-state index contributed by atoms with van der Waals surface area (Å²) in [6, 6.07) is 2.61. The van der Waals surface area contributed by atoms with E-state index in [9.17, 15) is 0 Å². The van der Waals surface area contributed by atoms with Gasteiger partial charge in [-0.25, -0.2) is 0 Å². The molecule has 1 aromatic heterocycles. The summed E-state index contributed by atoms with van der Waals surface area (Å²) in [5, 5.41) is 2.17. The van der Waals surface area contributed by atoms with E-state index in [0.29, 0.717) is 6.04 Å². The van der Waals surface area contributed by atoms with Gasteiger partial charge in [-0.2, -0.15) is 0 Å². The number of hydrogen-bond donors (Lipinski definition) is 2. The fourth-order valence-corrected chi connectivity index (χ4v) is 2.95. The first-order chi connectivity index (χ1) is 6.85. The summed E-state index contributed by atoms with van der Waals surface area (Å²) in [5.41, 5.74) is 4.42. The Morgan fingerprint density at radius 2 is 2.43 bits per heavy atom. The van der Waals surface area contributed by atoms with Crippen LogP contribution in [-0.2, 0) is 6.42 Å². The molecule has 3 N–H and O–H groups in total. The van der Waals surface area contributed by atoms with Gasteiger partial charge in [-0.3, -0.25) is 11.3 Å². The molecule has 2 rings (SSSR count). The van der Waals surface area contributed by atoms with Crippen molar-refractivity contribution < 1.29 is 0 Å². The van der Waals surface area contributed by atoms with Crippen LogP contribution in [0.25, 0.3) is 0 Å². The summed E-state index contributed by atoms with van der Waals surface area (Å²) < 4.78 is 0.